The van der Waals surface area contributed by atoms with Crippen molar-refractivity contribution in [2.75, 3.05) is 26.6 Å². The average molecular weight is 465 g/mol. The molecule has 1 heterocycles. The lowest BCUT2D eigenvalue weighted by atomic mass is 10.0. The molecule has 0 radical (unpaired) electrons. The van der Waals surface area contributed by atoms with Gasteiger partial charge in [0.15, 0.2) is 11.5 Å². The van der Waals surface area contributed by atoms with Gasteiger partial charge in [-0.3, -0.25) is 4.79 Å². The van der Waals surface area contributed by atoms with Crippen molar-refractivity contribution >= 4 is 34.1 Å². The molecule has 0 spiro atoms. The van der Waals surface area contributed by atoms with Crippen molar-refractivity contribution in [3.05, 3.63) is 64.0 Å². The Labute approximate surface area is 198 Å². The van der Waals surface area contributed by atoms with E-state index in [0.717, 1.165) is 53.2 Å². The van der Waals surface area contributed by atoms with E-state index < -0.39 is 0 Å². The van der Waals surface area contributed by atoms with E-state index >= 15 is 0 Å². The van der Waals surface area contributed by atoms with Crippen LogP contribution < -0.4 is 19.5 Å². The molecule has 0 saturated heterocycles. The minimum atomic E-state index is -0.126. The summed E-state index contributed by atoms with van der Waals surface area (Å²) in [5.74, 6) is 1.93. The van der Waals surface area contributed by atoms with Crippen molar-refractivity contribution in [1.29, 1.82) is 0 Å². The lowest BCUT2D eigenvalue weighted by Crippen LogP contribution is -2.13. The maximum atomic E-state index is 13.4. The second-order valence-electron chi connectivity index (χ2n) is 7.80. The monoisotopic (exact) mass is 464 g/mol. The minimum Gasteiger partial charge on any atom is -0.497 e. The second kappa shape index (κ2) is 10.5. The zero-order valence-corrected chi connectivity index (χ0v) is 20.0. The Bertz CT molecular complexity index is 1150. The fraction of sp³-hybridized carbons (Fsp3) is 0.308. The van der Waals surface area contributed by atoms with E-state index in [4.69, 9.17) is 19.2 Å². The smallest absolute Gasteiger partial charge is 0.259 e. The van der Waals surface area contributed by atoms with Crippen molar-refractivity contribution in [1.82, 2.24) is 0 Å². The number of thiophene rings is 1. The van der Waals surface area contributed by atoms with Gasteiger partial charge in [0.1, 0.15) is 10.8 Å². The topological polar surface area (TPSA) is 69.2 Å². The highest BCUT2D eigenvalue weighted by molar-refractivity contribution is 7.16. The van der Waals surface area contributed by atoms with Crippen LogP contribution in [0.1, 0.15) is 45.6 Å². The summed E-state index contributed by atoms with van der Waals surface area (Å²) in [6.07, 6.45) is 7.09. The Hall–Kier alpha value is -3.32. The van der Waals surface area contributed by atoms with E-state index in [2.05, 4.69) is 5.32 Å². The molecule has 0 fully saturated rings. The molecule has 2 aromatic carbocycles. The standard InChI is InChI=1S/C26H28N2O4S/c1-30-19-12-10-18(11-13-19)28-25(29)24-20-7-5-4-6-8-23(20)33-26(24)27-16-17-9-14-21(31-2)22(15-17)32-3/h9-16H,4-8H2,1-3H3,(H,28,29)/b27-16-. The quantitative estimate of drug-likeness (QED) is 0.342. The number of rotatable bonds is 7. The molecular formula is C26H28N2O4S. The zero-order valence-electron chi connectivity index (χ0n) is 19.1. The maximum Gasteiger partial charge on any atom is 0.259 e. The molecule has 0 bridgehead atoms. The van der Waals surface area contributed by atoms with Crippen LogP contribution in [0.5, 0.6) is 17.2 Å². The molecule has 1 amide bonds. The van der Waals surface area contributed by atoms with Gasteiger partial charge in [-0.1, -0.05) is 6.42 Å². The number of benzene rings is 2. The fourth-order valence-electron chi connectivity index (χ4n) is 3.99. The largest absolute Gasteiger partial charge is 0.497 e. The van der Waals surface area contributed by atoms with E-state index in [9.17, 15) is 4.79 Å². The molecule has 0 atom stereocenters. The first-order valence-corrected chi connectivity index (χ1v) is 11.8. The average Bonchev–Trinajstić information content (AvgIpc) is 3.04. The number of carbonyl (C=O) groups excluding carboxylic acids is 1. The number of methoxy groups -OCH3 is 3. The van der Waals surface area contributed by atoms with Crippen LogP contribution in [0.3, 0.4) is 0 Å². The van der Waals surface area contributed by atoms with Crippen LogP contribution in [0.25, 0.3) is 0 Å². The van der Waals surface area contributed by atoms with Crippen molar-refractivity contribution in [2.45, 2.75) is 32.1 Å². The highest BCUT2D eigenvalue weighted by Crippen LogP contribution is 2.40. The number of aliphatic imine (C=N–C) groups is 1. The summed E-state index contributed by atoms with van der Waals surface area (Å²) < 4.78 is 15.9. The van der Waals surface area contributed by atoms with Crippen LogP contribution >= 0.6 is 11.3 Å². The third-order valence-electron chi connectivity index (χ3n) is 5.72. The molecule has 1 N–H and O–H groups in total. The molecule has 6 nitrogen and oxygen atoms in total. The summed E-state index contributed by atoms with van der Waals surface area (Å²) in [6.45, 7) is 0. The Kier molecular flexibility index (Phi) is 7.29. The highest BCUT2D eigenvalue weighted by Gasteiger charge is 2.24. The van der Waals surface area contributed by atoms with Gasteiger partial charge in [0.2, 0.25) is 0 Å². The third-order valence-corrected chi connectivity index (χ3v) is 6.92. The number of amides is 1. The fourth-order valence-corrected chi connectivity index (χ4v) is 5.22. The van der Waals surface area contributed by atoms with Crippen LogP contribution in [-0.4, -0.2) is 33.5 Å². The molecule has 3 aromatic rings. The summed E-state index contributed by atoms with van der Waals surface area (Å²) in [4.78, 5) is 19.4. The number of fused-ring (bicyclic) bond motifs is 1. The molecule has 1 aliphatic rings. The summed E-state index contributed by atoms with van der Waals surface area (Å²) >= 11 is 1.62. The molecule has 33 heavy (non-hydrogen) atoms. The molecule has 0 saturated carbocycles. The van der Waals surface area contributed by atoms with Crippen LogP contribution in [0.15, 0.2) is 47.5 Å². The summed E-state index contributed by atoms with van der Waals surface area (Å²) in [5, 5.41) is 3.78. The first kappa shape index (κ1) is 22.9. The zero-order chi connectivity index (χ0) is 23.2. The molecule has 7 heteroatoms. The van der Waals surface area contributed by atoms with Gasteiger partial charge < -0.3 is 19.5 Å². The third kappa shape index (κ3) is 5.20. The summed E-state index contributed by atoms with van der Waals surface area (Å²) in [5.41, 5.74) is 3.43. The Balaban J connectivity index is 1.66. The van der Waals surface area contributed by atoms with Gasteiger partial charge >= 0.3 is 0 Å². The van der Waals surface area contributed by atoms with Gasteiger partial charge in [-0.05, 0) is 79.3 Å². The Morgan fingerprint density at radius 1 is 0.939 bits per heavy atom. The van der Waals surface area contributed by atoms with Gasteiger partial charge in [-0.25, -0.2) is 4.99 Å². The van der Waals surface area contributed by atoms with Crippen molar-refractivity contribution < 1.29 is 19.0 Å². The Morgan fingerprint density at radius 3 is 2.42 bits per heavy atom. The number of carbonyl (C=O) groups is 1. The lowest BCUT2D eigenvalue weighted by molar-refractivity contribution is 0.102. The van der Waals surface area contributed by atoms with E-state index in [0.29, 0.717) is 17.1 Å². The van der Waals surface area contributed by atoms with Crippen molar-refractivity contribution in [3.8, 4) is 17.2 Å². The molecule has 0 aliphatic heterocycles. The number of aryl methyl sites for hydroxylation is 1. The molecule has 1 aliphatic carbocycles. The minimum absolute atomic E-state index is 0.126. The molecule has 0 unspecified atom stereocenters. The van der Waals surface area contributed by atoms with Gasteiger partial charge in [-0.2, -0.15) is 0 Å². The van der Waals surface area contributed by atoms with E-state index in [1.54, 1.807) is 38.9 Å². The lowest BCUT2D eigenvalue weighted by Gasteiger charge is -2.09. The predicted molar refractivity (Wildman–Crippen MR) is 133 cm³/mol. The second-order valence-corrected chi connectivity index (χ2v) is 8.88. The number of hydrogen-bond acceptors (Lipinski definition) is 6. The van der Waals surface area contributed by atoms with Crippen LogP contribution in [0.2, 0.25) is 0 Å². The van der Waals surface area contributed by atoms with Gasteiger partial charge in [-0.15, -0.1) is 11.3 Å². The van der Waals surface area contributed by atoms with E-state index in [-0.39, 0.29) is 5.91 Å². The summed E-state index contributed by atoms with van der Waals surface area (Å²) in [6, 6.07) is 13.0. The van der Waals surface area contributed by atoms with E-state index in [1.807, 2.05) is 42.5 Å². The van der Waals surface area contributed by atoms with Gasteiger partial charge in [0, 0.05) is 16.8 Å². The molecule has 1 aromatic heterocycles. The van der Waals surface area contributed by atoms with Crippen molar-refractivity contribution in [2.24, 2.45) is 4.99 Å². The number of hydrogen-bond donors (Lipinski definition) is 1. The maximum absolute atomic E-state index is 13.4. The number of nitrogens with zero attached hydrogens (tertiary/aromatic N) is 1. The van der Waals surface area contributed by atoms with Crippen LogP contribution in [0, 0.1) is 0 Å². The van der Waals surface area contributed by atoms with Crippen LogP contribution in [-0.2, 0) is 12.8 Å². The number of nitrogens with one attached hydrogen (secondary N) is 1. The SMILES string of the molecule is COc1ccc(NC(=O)c2c(/N=C\c3ccc(OC)c(OC)c3)sc3c2CCCCC3)cc1. The molecular weight excluding hydrogens is 436 g/mol. The van der Waals surface area contributed by atoms with E-state index in [1.165, 1.54) is 11.3 Å². The number of ether oxygens (including phenoxy) is 3. The van der Waals surface area contributed by atoms with Crippen molar-refractivity contribution in [3.63, 3.8) is 0 Å². The first-order chi connectivity index (χ1) is 16.1. The first-order valence-electron chi connectivity index (χ1n) is 11.0. The molecule has 172 valence electrons. The molecule has 4 rings (SSSR count). The van der Waals surface area contributed by atoms with Gasteiger partial charge in [0.05, 0.1) is 26.9 Å². The highest BCUT2D eigenvalue weighted by atomic mass is 32.1. The predicted octanol–water partition coefficient (Wildman–Crippen LogP) is 6.05. The normalized spacial score (nSPS) is 13.3. The number of anilines is 1. The summed E-state index contributed by atoms with van der Waals surface area (Å²) in [7, 11) is 4.84. The van der Waals surface area contributed by atoms with Gasteiger partial charge in [0.25, 0.3) is 5.91 Å². The van der Waals surface area contributed by atoms with Crippen LogP contribution in [0.4, 0.5) is 10.7 Å². The Morgan fingerprint density at radius 2 is 1.70 bits per heavy atom.